The number of hydrogen-bond donors (Lipinski definition) is 6. The van der Waals surface area contributed by atoms with Crippen molar-refractivity contribution in [1.82, 2.24) is 9.97 Å². The predicted octanol–water partition coefficient (Wildman–Crippen LogP) is 7.96. The van der Waals surface area contributed by atoms with Gasteiger partial charge in [0, 0.05) is 24.5 Å². The zero-order chi connectivity index (χ0) is 42.5. The Morgan fingerprint density at radius 3 is 2.57 bits per heavy atom. The van der Waals surface area contributed by atoms with E-state index < -0.39 is 24.0 Å². The van der Waals surface area contributed by atoms with Gasteiger partial charge in [0.1, 0.15) is 23.4 Å². The summed E-state index contributed by atoms with van der Waals surface area (Å²) >= 11 is 0. The van der Waals surface area contributed by atoms with Gasteiger partial charge in [0.2, 0.25) is 0 Å². The maximum absolute atomic E-state index is 14.6. The molecule has 4 bridgehead atoms. The number of benzene rings is 3. The van der Waals surface area contributed by atoms with Gasteiger partial charge < -0.3 is 45.6 Å². The summed E-state index contributed by atoms with van der Waals surface area (Å²) in [6.45, 7) is 0.192. The molecule has 1 saturated carbocycles. The summed E-state index contributed by atoms with van der Waals surface area (Å²) < 4.78 is 6.35. The Morgan fingerprint density at radius 1 is 0.902 bits per heavy atom. The molecule has 61 heavy (non-hydrogen) atoms. The Labute approximate surface area is 356 Å². The van der Waals surface area contributed by atoms with Gasteiger partial charge in [-0.1, -0.05) is 71.7 Å². The molecule has 3 aromatic carbocycles. The Morgan fingerprint density at radius 2 is 1.75 bits per heavy atom. The van der Waals surface area contributed by atoms with E-state index in [-0.39, 0.29) is 79.3 Å². The SMILES string of the molecule is O=C1CCc2cc(OC3CCCC3)c(O)c(c2)C(O)c2ccc(CCCO)c(c2)Cc2cc[nH]c2[N-]CC2=Cc3[n-]ccc3C(CC(O)CCc3cccc(O)c3)C2C(=O)C1. The normalized spacial score (nSPS) is 20.3. The molecular formula is C50H55N3O8-2. The Kier molecular flexibility index (Phi) is 13.1. The first kappa shape index (κ1) is 42.1. The number of nitrogens with zero attached hydrogens (tertiary/aromatic N) is 2. The number of nitrogens with one attached hydrogen (secondary N) is 1. The zero-order valence-corrected chi connectivity index (χ0v) is 34.4. The largest absolute Gasteiger partial charge is 0.664 e. The van der Waals surface area contributed by atoms with Crippen LogP contribution in [0.5, 0.6) is 17.2 Å². The molecule has 11 nitrogen and oxygen atoms in total. The van der Waals surface area contributed by atoms with Crippen molar-refractivity contribution >= 4 is 23.5 Å². The number of aromatic amines is 1. The summed E-state index contributed by atoms with van der Waals surface area (Å²) in [6.07, 6.45) is 10.1. The average molecular weight is 826 g/mol. The molecule has 0 radical (unpaired) electrons. The molecule has 6 N–H and O–H groups in total. The highest BCUT2D eigenvalue weighted by Crippen LogP contribution is 2.45. The molecule has 0 amide bonds. The highest BCUT2D eigenvalue weighted by Gasteiger charge is 2.37. The molecule has 320 valence electrons. The van der Waals surface area contributed by atoms with Crippen LogP contribution in [0.2, 0.25) is 0 Å². The van der Waals surface area contributed by atoms with E-state index in [1.807, 2.05) is 48.7 Å². The van der Waals surface area contributed by atoms with Crippen molar-refractivity contribution in [3.8, 4) is 17.2 Å². The number of fused-ring (bicyclic) bond motifs is 7. The lowest BCUT2D eigenvalue weighted by Crippen LogP contribution is -2.32. The Bertz CT molecular complexity index is 2370. The van der Waals surface area contributed by atoms with Gasteiger partial charge in [-0.25, -0.2) is 0 Å². The first-order chi connectivity index (χ1) is 29.6. The van der Waals surface area contributed by atoms with Gasteiger partial charge in [0.25, 0.3) is 0 Å². The lowest BCUT2D eigenvalue weighted by atomic mass is 9.71. The molecule has 8 rings (SSSR count). The van der Waals surface area contributed by atoms with Crippen LogP contribution in [0.3, 0.4) is 0 Å². The maximum Gasteiger partial charge on any atom is 0.163 e. The van der Waals surface area contributed by atoms with Crippen LogP contribution in [0, 0.1) is 5.92 Å². The number of phenolic OH excluding ortho intramolecular Hbond substituents is 2. The van der Waals surface area contributed by atoms with E-state index in [9.17, 15) is 35.1 Å². The number of aryl methyl sites for hydroxylation is 3. The molecule has 1 aliphatic heterocycles. The number of carbonyl (C=O) groups is 2. The molecule has 2 aliphatic carbocycles. The van der Waals surface area contributed by atoms with Crippen molar-refractivity contribution in [1.29, 1.82) is 0 Å². The molecule has 3 heterocycles. The van der Waals surface area contributed by atoms with Gasteiger partial charge >= 0.3 is 0 Å². The van der Waals surface area contributed by atoms with Crippen LogP contribution < -0.4 is 9.72 Å². The molecule has 4 unspecified atom stereocenters. The highest BCUT2D eigenvalue weighted by atomic mass is 16.5. The quantitative estimate of drug-likeness (QED) is 0.0760. The minimum absolute atomic E-state index is 0.0338. The van der Waals surface area contributed by atoms with E-state index in [1.165, 1.54) is 0 Å². The van der Waals surface area contributed by atoms with E-state index in [0.717, 1.165) is 64.8 Å². The number of phenols is 2. The molecule has 2 aromatic heterocycles. The second kappa shape index (κ2) is 19.0. The third-order valence-electron chi connectivity index (χ3n) is 12.7. The van der Waals surface area contributed by atoms with Crippen molar-refractivity contribution in [2.24, 2.45) is 5.92 Å². The van der Waals surface area contributed by atoms with Crippen molar-refractivity contribution in [3.05, 3.63) is 140 Å². The zero-order valence-electron chi connectivity index (χ0n) is 34.4. The van der Waals surface area contributed by atoms with Crippen LogP contribution in [0.15, 0.2) is 84.7 Å². The van der Waals surface area contributed by atoms with Crippen molar-refractivity contribution in [2.45, 2.75) is 108 Å². The fourth-order valence-corrected chi connectivity index (χ4v) is 9.51. The molecule has 4 atom stereocenters. The van der Waals surface area contributed by atoms with E-state index in [0.29, 0.717) is 49.0 Å². The second-order valence-electron chi connectivity index (χ2n) is 17.0. The third-order valence-corrected chi connectivity index (χ3v) is 12.7. The summed E-state index contributed by atoms with van der Waals surface area (Å²) in [5.41, 5.74) is 7.61. The molecule has 11 heteroatoms. The summed E-state index contributed by atoms with van der Waals surface area (Å²) in [6, 6.07) is 20.1. The molecule has 5 aromatic rings. The number of Topliss-reactive ketones (excluding diaryl/α,β-unsaturated/α-hetero) is 2. The Balaban J connectivity index is 1.15. The van der Waals surface area contributed by atoms with Gasteiger partial charge in [0.15, 0.2) is 11.5 Å². The van der Waals surface area contributed by atoms with Crippen molar-refractivity contribution in [2.75, 3.05) is 13.2 Å². The lowest BCUT2D eigenvalue weighted by molar-refractivity contribution is -0.129. The summed E-state index contributed by atoms with van der Waals surface area (Å²) in [5.74, 6) is -0.740. The van der Waals surface area contributed by atoms with Gasteiger partial charge in [-0.3, -0.25) is 9.59 Å². The topological polar surface area (TPSA) is 189 Å². The van der Waals surface area contributed by atoms with Crippen LogP contribution in [0.4, 0.5) is 5.82 Å². The van der Waals surface area contributed by atoms with Crippen LogP contribution in [-0.4, -0.2) is 67.4 Å². The van der Waals surface area contributed by atoms with Gasteiger partial charge in [0.05, 0.1) is 18.6 Å². The van der Waals surface area contributed by atoms with Crippen molar-refractivity contribution < 1.29 is 39.9 Å². The smallest absolute Gasteiger partial charge is 0.163 e. The molecule has 0 spiro atoms. The number of aromatic nitrogens is 2. The molecule has 0 saturated heterocycles. The highest BCUT2D eigenvalue weighted by molar-refractivity contribution is 6.02. The molecule has 1 fully saturated rings. The fraction of sp³-hybridized carbons (Fsp3) is 0.400. The number of rotatable bonds is 10. The number of aromatic hydroxyl groups is 2. The molecule has 3 aliphatic rings. The van der Waals surface area contributed by atoms with E-state index in [4.69, 9.17) is 10.1 Å². The standard InChI is InChI=1S/C50H55N3O8/c54-20-4-6-32-12-13-33-24-35(32)25-34-16-18-52-50(34)53-29-36-26-44-41(17-19-51-44)42(27-38(56)14-10-30-5-3-7-37(55)21-30)47(36)45(58)28-39(57)15-11-31-22-43(48(33)59)49(60)46(23-31)61-40-8-1-2-9-40/h3,5,7,12-13,16-19,21-24,26,38,40,42,47-48,52,54-56,59-60H,1-2,4,6,8-11,14-15,20,25,27-29H2/q-2. The minimum Gasteiger partial charge on any atom is -0.664 e. The average Bonchev–Trinajstić information content (AvgIpc) is 4.05. The summed E-state index contributed by atoms with van der Waals surface area (Å²) in [5, 5.41) is 59.9. The first-order valence-corrected chi connectivity index (χ1v) is 21.7. The van der Waals surface area contributed by atoms with Gasteiger partial charge in [-0.2, -0.15) is 6.20 Å². The number of aliphatic hydroxyl groups is 3. The van der Waals surface area contributed by atoms with Crippen molar-refractivity contribution in [3.63, 3.8) is 0 Å². The number of hydrogen-bond acceptors (Lipinski definition) is 8. The molecular weight excluding hydrogens is 771 g/mol. The number of H-pyrrole nitrogens is 1. The van der Waals surface area contributed by atoms with Gasteiger partial charge in [-0.15, -0.1) is 5.69 Å². The summed E-state index contributed by atoms with van der Waals surface area (Å²) in [4.78, 5) is 36.4. The van der Waals surface area contributed by atoms with E-state index in [1.54, 1.807) is 36.5 Å². The van der Waals surface area contributed by atoms with Crippen LogP contribution in [0.25, 0.3) is 11.4 Å². The van der Waals surface area contributed by atoms with Crippen LogP contribution in [0.1, 0.15) is 120 Å². The maximum atomic E-state index is 14.6. The fourth-order valence-electron chi connectivity index (χ4n) is 9.51. The number of ether oxygens (including phenoxy) is 1. The number of aliphatic hydroxyl groups excluding tert-OH is 3. The number of ketones is 2. The lowest BCUT2D eigenvalue weighted by Gasteiger charge is -2.37. The monoisotopic (exact) mass is 825 g/mol. The van der Waals surface area contributed by atoms with Crippen LogP contribution >= 0.6 is 0 Å². The van der Waals surface area contributed by atoms with Gasteiger partial charge in [-0.05, 0) is 141 Å². The predicted molar refractivity (Wildman–Crippen MR) is 232 cm³/mol. The van der Waals surface area contributed by atoms with E-state index >= 15 is 0 Å². The van der Waals surface area contributed by atoms with E-state index in [2.05, 4.69) is 9.97 Å². The summed E-state index contributed by atoms with van der Waals surface area (Å²) in [7, 11) is 0. The third kappa shape index (κ3) is 9.80. The Hall–Kier alpha value is -5.62. The van der Waals surface area contributed by atoms with Crippen LogP contribution in [-0.2, 0) is 35.3 Å². The second-order valence-corrected chi connectivity index (χ2v) is 17.0. The number of carbonyl (C=O) groups excluding carboxylic acids is 2. The first-order valence-electron chi connectivity index (χ1n) is 21.7. The minimum atomic E-state index is -1.21.